The van der Waals surface area contributed by atoms with Crippen LogP contribution in [0.15, 0.2) is 18.2 Å². The van der Waals surface area contributed by atoms with Gasteiger partial charge in [0.05, 0.1) is 5.56 Å². The van der Waals surface area contributed by atoms with E-state index >= 15 is 0 Å². The van der Waals surface area contributed by atoms with Crippen LogP contribution in [0, 0.1) is 11.7 Å². The van der Waals surface area contributed by atoms with E-state index in [-0.39, 0.29) is 12.0 Å². The second-order valence-corrected chi connectivity index (χ2v) is 4.57. The van der Waals surface area contributed by atoms with Crippen LogP contribution in [0.3, 0.4) is 0 Å². The number of hydrazine groups is 1. The molecule has 0 bridgehead atoms. The van der Waals surface area contributed by atoms with E-state index in [2.05, 4.69) is 5.43 Å². The van der Waals surface area contributed by atoms with Crippen molar-refractivity contribution in [1.82, 2.24) is 5.43 Å². The molecule has 6 heteroatoms. The maximum Gasteiger partial charge on any atom is 0.419 e. The first-order valence-corrected chi connectivity index (χ1v) is 5.76. The minimum Gasteiger partial charge on any atom is -0.271 e. The summed E-state index contributed by atoms with van der Waals surface area (Å²) in [5.41, 5.74) is 1.68. The first kappa shape index (κ1) is 13.3. The largest absolute Gasteiger partial charge is 0.419 e. The Morgan fingerprint density at radius 1 is 1.28 bits per heavy atom. The maximum absolute atomic E-state index is 13.2. The van der Waals surface area contributed by atoms with Crippen molar-refractivity contribution in [3.05, 3.63) is 35.1 Å². The van der Waals surface area contributed by atoms with E-state index in [1.54, 1.807) is 0 Å². The van der Waals surface area contributed by atoms with Crippen molar-refractivity contribution in [2.75, 3.05) is 0 Å². The summed E-state index contributed by atoms with van der Waals surface area (Å²) in [6, 6.07) is 2.70. The van der Waals surface area contributed by atoms with E-state index in [0.717, 1.165) is 31.4 Å². The summed E-state index contributed by atoms with van der Waals surface area (Å²) in [6.45, 7) is 0. The summed E-state index contributed by atoms with van der Waals surface area (Å²) in [7, 11) is 0. The average Bonchev–Trinajstić information content (AvgIpc) is 2.22. The molecule has 100 valence electrons. The minimum absolute atomic E-state index is 0.224. The van der Waals surface area contributed by atoms with Crippen LogP contribution >= 0.6 is 0 Å². The lowest BCUT2D eigenvalue weighted by molar-refractivity contribution is -0.140. The number of nitrogens with one attached hydrogen (secondary N) is 1. The number of halogens is 4. The molecule has 0 amide bonds. The van der Waals surface area contributed by atoms with Gasteiger partial charge in [-0.25, -0.2) is 4.39 Å². The highest BCUT2D eigenvalue weighted by atomic mass is 19.4. The molecule has 1 atom stereocenters. The Labute approximate surface area is 102 Å². The zero-order valence-electron chi connectivity index (χ0n) is 9.60. The van der Waals surface area contributed by atoms with Crippen LogP contribution in [0.4, 0.5) is 17.6 Å². The lowest BCUT2D eigenvalue weighted by Crippen LogP contribution is -2.36. The molecule has 0 aromatic heterocycles. The van der Waals surface area contributed by atoms with Crippen molar-refractivity contribution < 1.29 is 17.6 Å². The van der Waals surface area contributed by atoms with Gasteiger partial charge in [-0.1, -0.05) is 12.5 Å². The van der Waals surface area contributed by atoms with Gasteiger partial charge in [0, 0.05) is 6.04 Å². The molecule has 2 nitrogen and oxygen atoms in total. The van der Waals surface area contributed by atoms with Gasteiger partial charge in [-0.3, -0.25) is 11.3 Å². The van der Waals surface area contributed by atoms with E-state index < -0.39 is 17.6 Å². The van der Waals surface area contributed by atoms with Gasteiger partial charge >= 0.3 is 6.18 Å². The average molecular weight is 262 g/mol. The monoisotopic (exact) mass is 262 g/mol. The van der Waals surface area contributed by atoms with Crippen LogP contribution in [0.2, 0.25) is 0 Å². The SMILES string of the molecule is NNC(c1ccc(F)c(C(F)(F)F)c1)C1CCC1. The third-order valence-corrected chi connectivity index (χ3v) is 3.46. The highest BCUT2D eigenvalue weighted by Crippen LogP contribution is 2.39. The highest BCUT2D eigenvalue weighted by molar-refractivity contribution is 5.30. The summed E-state index contributed by atoms with van der Waals surface area (Å²) in [6.07, 6.45) is -1.78. The fourth-order valence-corrected chi connectivity index (χ4v) is 2.23. The maximum atomic E-state index is 13.2. The van der Waals surface area contributed by atoms with Gasteiger partial charge in [0.15, 0.2) is 0 Å². The Balaban J connectivity index is 2.33. The Morgan fingerprint density at radius 3 is 2.39 bits per heavy atom. The molecule has 18 heavy (non-hydrogen) atoms. The predicted molar refractivity (Wildman–Crippen MR) is 58.8 cm³/mol. The van der Waals surface area contributed by atoms with Crippen LogP contribution in [-0.2, 0) is 6.18 Å². The third-order valence-electron chi connectivity index (χ3n) is 3.46. The summed E-state index contributed by atoms with van der Waals surface area (Å²) in [5, 5.41) is 0. The number of rotatable bonds is 3. The van der Waals surface area contributed by atoms with Crippen molar-refractivity contribution in [3.8, 4) is 0 Å². The number of benzene rings is 1. The van der Waals surface area contributed by atoms with E-state index in [0.29, 0.717) is 5.56 Å². The molecule has 3 N–H and O–H groups in total. The standard InChI is InChI=1S/C12H14F4N2/c13-10-5-4-8(6-9(10)12(14,15)16)11(18-17)7-2-1-3-7/h4-7,11,18H,1-3,17H2. The lowest BCUT2D eigenvalue weighted by atomic mass is 9.77. The van der Waals surface area contributed by atoms with E-state index in [1.807, 2.05) is 0 Å². The van der Waals surface area contributed by atoms with Crippen molar-refractivity contribution in [3.63, 3.8) is 0 Å². The molecule has 1 unspecified atom stereocenters. The molecule has 0 heterocycles. The van der Waals surface area contributed by atoms with Gasteiger partial charge in [0.25, 0.3) is 0 Å². The Kier molecular flexibility index (Phi) is 3.59. The number of hydrogen-bond acceptors (Lipinski definition) is 2. The Bertz CT molecular complexity index is 427. The lowest BCUT2D eigenvalue weighted by Gasteiger charge is -2.33. The molecular weight excluding hydrogens is 248 g/mol. The smallest absolute Gasteiger partial charge is 0.271 e. The first-order chi connectivity index (χ1) is 8.43. The van der Waals surface area contributed by atoms with E-state index in [9.17, 15) is 17.6 Å². The van der Waals surface area contributed by atoms with Crippen molar-refractivity contribution >= 4 is 0 Å². The topological polar surface area (TPSA) is 38.0 Å². The molecular formula is C12H14F4N2. The quantitative estimate of drug-likeness (QED) is 0.499. The predicted octanol–water partition coefficient (Wildman–Crippen LogP) is 3.15. The second kappa shape index (κ2) is 4.85. The van der Waals surface area contributed by atoms with Crippen molar-refractivity contribution in [1.29, 1.82) is 0 Å². The van der Waals surface area contributed by atoms with Crippen LogP contribution < -0.4 is 11.3 Å². The highest BCUT2D eigenvalue weighted by Gasteiger charge is 2.36. The van der Waals surface area contributed by atoms with Crippen molar-refractivity contribution in [2.45, 2.75) is 31.5 Å². The molecule has 1 aliphatic rings. The third kappa shape index (κ3) is 2.49. The van der Waals surface area contributed by atoms with E-state index in [1.165, 1.54) is 6.07 Å². The van der Waals surface area contributed by atoms with E-state index in [4.69, 9.17) is 5.84 Å². The van der Waals surface area contributed by atoms with Gasteiger partial charge in [-0.15, -0.1) is 0 Å². The molecule has 0 radical (unpaired) electrons. The molecule has 0 spiro atoms. The summed E-state index contributed by atoms with van der Waals surface area (Å²) in [5.74, 6) is 4.36. The summed E-state index contributed by atoms with van der Waals surface area (Å²) < 4.78 is 51.0. The van der Waals surface area contributed by atoms with Crippen molar-refractivity contribution in [2.24, 2.45) is 11.8 Å². The van der Waals surface area contributed by atoms with Gasteiger partial charge in [-0.2, -0.15) is 13.2 Å². The van der Waals surface area contributed by atoms with Gasteiger partial charge in [-0.05, 0) is 36.5 Å². The fourth-order valence-electron chi connectivity index (χ4n) is 2.23. The Morgan fingerprint density at radius 2 is 1.94 bits per heavy atom. The zero-order chi connectivity index (χ0) is 13.3. The molecule has 1 aromatic rings. The molecule has 0 aliphatic heterocycles. The Hall–Kier alpha value is -1.14. The molecule has 1 saturated carbocycles. The molecule has 2 rings (SSSR count). The van der Waals surface area contributed by atoms with Gasteiger partial charge < -0.3 is 0 Å². The zero-order valence-corrected chi connectivity index (χ0v) is 9.60. The van der Waals surface area contributed by atoms with Gasteiger partial charge in [0.2, 0.25) is 0 Å². The minimum atomic E-state index is -4.68. The number of hydrogen-bond donors (Lipinski definition) is 2. The molecule has 1 aliphatic carbocycles. The summed E-state index contributed by atoms with van der Waals surface area (Å²) >= 11 is 0. The first-order valence-electron chi connectivity index (χ1n) is 5.76. The van der Waals surface area contributed by atoms with Crippen LogP contribution in [0.25, 0.3) is 0 Å². The fraction of sp³-hybridized carbons (Fsp3) is 0.500. The molecule has 1 aromatic carbocycles. The molecule has 0 saturated heterocycles. The van der Waals surface area contributed by atoms with Crippen LogP contribution in [-0.4, -0.2) is 0 Å². The second-order valence-electron chi connectivity index (χ2n) is 4.57. The molecule has 1 fully saturated rings. The number of alkyl halides is 3. The summed E-state index contributed by atoms with van der Waals surface area (Å²) in [4.78, 5) is 0. The van der Waals surface area contributed by atoms with Crippen LogP contribution in [0.1, 0.15) is 36.4 Å². The normalized spacial score (nSPS) is 18.5. The van der Waals surface area contributed by atoms with Gasteiger partial charge in [0.1, 0.15) is 5.82 Å². The number of nitrogens with two attached hydrogens (primary N) is 1. The van der Waals surface area contributed by atoms with Crippen LogP contribution in [0.5, 0.6) is 0 Å².